The van der Waals surface area contributed by atoms with E-state index < -0.39 is 5.91 Å². The maximum Gasteiger partial charge on any atom is 0.267 e. The summed E-state index contributed by atoms with van der Waals surface area (Å²) in [4.78, 5) is 30.0. The molecule has 0 aromatic carbocycles. The molecule has 1 aliphatic heterocycles. The lowest BCUT2D eigenvalue weighted by Crippen LogP contribution is -2.29. The minimum Gasteiger partial charge on any atom is -0.488 e. The van der Waals surface area contributed by atoms with Gasteiger partial charge in [0.25, 0.3) is 5.91 Å². The van der Waals surface area contributed by atoms with E-state index in [1.165, 1.54) is 12.3 Å². The van der Waals surface area contributed by atoms with Crippen molar-refractivity contribution in [3.8, 4) is 5.75 Å². The SMILES string of the molecule is NC(=O)c1cc(O[C@@H]2CCN(C(=O)/C=C/c3cccs3)C2)ccn1. The molecule has 6 nitrogen and oxygen atoms in total. The Morgan fingerprint density at radius 3 is 3.04 bits per heavy atom. The van der Waals surface area contributed by atoms with E-state index in [1.54, 1.807) is 28.4 Å². The van der Waals surface area contributed by atoms with Crippen LogP contribution >= 0.6 is 11.3 Å². The molecule has 1 aliphatic rings. The van der Waals surface area contributed by atoms with Gasteiger partial charge < -0.3 is 15.4 Å². The van der Waals surface area contributed by atoms with Crippen molar-refractivity contribution in [2.24, 2.45) is 5.73 Å². The lowest BCUT2D eigenvalue weighted by atomic mass is 10.3. The van der Waals surface area contributed by atoms with Crippen LogP contribution in [0.5, 0.6) is 5.75 Å². The molecule has 0 saturated carbocycles. The van der Waals surface area contributed by atoms with Crippen molar-refractivity contribution < 1.29 is 14.3 Å². The first-order valence-corrected chi connectivity index (χ1v) is 8.43. The largest absolute Gasteiger partial charge is 0.488 e. The number of carbonyl (C=O) groups is 2. The number of thiophene rings is 1. The number of aromatic nitrogens is 1. The first kappa shape index (κ1) is 16.2. The van der Waals surface area contributed by atoms with Crippen molar-refractivity contribution in [3.63, 3.8) is 0 Å². The van der Waals surface area contributed by atoms with Gasteiger partial charge >= 0.3 is 0 Å². The fourth-order valence-electron chi connectivity index (χ4n) is 2.48. The van der Waals surface area contributed by atoms with Crippen molar-refractivity contribution in [3.05, 3.63) is 52.5 Å². The molecule has 0 unspecified atom stereocenters. The van der Waals surface area contributed by atoms with Gasteiger partial charge in [-0.05, 0) is 23.6 Å². The average Bonchev–Trinajstić information content (AvgIpc) is 3.24. The summed E-state index contributed by atoms with van der Waals surface area (Å²) in [5, 5.41) is 1.97. The second-order valence-electron chi connectivity index (χ2n) is 5.40. The highest BCUT2D eigenvalue weighted by molar-refractivity contribution is 7.10. The van der Waals surface area contributed by atoms with Crippen LogP contribution in [0.25, 0.3) is 6.08 Å². The third-order valence-corrected chi connectivity index (χ3v) is 4.51. The zero-order chi connectivity index (χ0) is 16.9. The van der Waals surface area contributed by atoms with Crippen LogP contribution < -0.4 is 10.5 Å². The fourth-order valence-corrected chi connectivity index (χ4v) is 3.10. The van der Waals surface area contributed by atoms with Gasteiger partial charge in [-0.3, -0.25) is 14.6 Å². The molecule has 124 valence electrons. The van der Waals surface area contributed by atoms with Crippen molar-refractivity contribution in [2.75, 3.05) is 13.1 Å². The van der Waals surface area contributed by atoms with Gasteiger partial charge in [0.1, 0.15) is 17.5 Å². The first-order valence-electron chi connectivity index (χ1n) is 7.55. The van der Waals surface area contributed by atoms with Gasteiger partial charge in [-0.1, -0.05) is 6.07 Å². The second kappa shape index (κ2) is 7.27. The summed E-state index contributed by atoms with van der Waals surface area (Å²) in [6, 6.07) is 7.10. The van der Waals surface area contributed by atoms with E-state index in [0.717, 1.165) is 11.3 Å². The number of pyridine rings is 1. The number of hydrogen-bond acceptors (Lipinski definition) is 5. The summed E-state index contributed by atoms with van der Waals surface area (Å²) >= 11 is 1.59. The molecule has 3 heterocycles. The average molecular weight is 343 g/mol. The van der Waals surface area contributed by atoms with Crippen LogP contribution in [-0.2, 0) is 4.79 Å². The standard InChI is InChI=1S/C17H17N3O3S/c18-17(22)15-10-12(5-7-19-15)23-13-6-8-20(11-13)16(21)4-3-14-2-1-9-24-14/h1-5,7,9-10,13H,6,8,11H2,(H2,18,22)/b4-3+/t13-/m1/s1. The molecule has 2 aromatic heterocycles. The fraction of sp³-hybridized carbons (Fsp3) is 0.235. The number of nitrogens with zero attached hydrogens (tertiary/aromatic N) is 2. The molecule has 0 spiro atoms. The molecule has 1 saturated heterocycles. The van der Waals surface area contributed by atoms with Gasteiger partial charge in [0, 0.05) is 36.2 Å². The molecule has 2 aromatic rings. The predicted molar refractivity (Wildman–Crippen MR) is 91.7 cm³/mol. The number of hydrogen-bond donors (Lipinski definition) is 1. The van der Waals surface area contributed by atoms with Crippen LogP contribution in [0.2, 0.25) is 0 Å². The zero-order valence-electron chi connectivity index (χ0n) is 12.9. The lowest BCUT2D eigenvalue weighted by molar-refractivity contribution is -0.125. The Bertz CT molecular complexity index is 758. The highest BCUT2D eigenvalue weighted by Crippen LogP contribution is 2.19. The molecule has 2 N–H and O–H groups in total. The van der Waals surface area contributed by atoms with E-state index in [9.17, 15) is 9.59 Å². The maximum atomic E-state index is 12.2. The molecule has 0 radical (unpaired) electrons. The van der Waals surface area contributed by atoms with Gasteiger partial charge in [0.05, 0.1) is 6.54 Å². The monoisotopic (exact) mass is 343 g/mol. The third kappa shape index (κ3) is 3.99. The van der Waals surface area contributed by atoms with Crippen molar-refractivity contribution in [1.82, 2.24) is 9.88 Å². The molecular formula is C17H17N3O3S. The molecular weight excluding hydrogens is 326 g/mol. The third-order valence-electron chi connectivity index (χ3n) is 3.68. The summed E-state index contributed by atoms with van der Waals surface area (Å²) in [5.41, 5.74) is 5.37. The van der Waals surface area contributed by atoms with Crippen LogP contribution in [0.3, 0.4) is 0 Å². The number of nitrogens with two attached hydrogens (primary N) is 1. The van der Waals surface area contributed by atoms with Crippen molar-refractivity contribution in [1.29, 1.82) is 0 Å². The summed E-state index contributed by atoms with van der Waals surface area (Å²) < 4.78 is 5.83. The van der Waals surface area contributed by atoms with Gasteiger partial charge in [0.15, 0.2) is 0 Å². The minimum atomic E-state index is -0.595. The molecule has 2 amide bonds. The summed E-state index contributed by atoms with van der Waals surface area (Å²) in [7, 11) is 0. The van der Waals surface area contributed by atoms with E-state index in [0.29, 0.717) is 18.8 Å². The zero-order valence-corrected chi connectivity index (χ0v) is 13.7. The Hall–Kier alpha value is -2.67. The number of amides is 2. The summed E-state index contributed by atoms with van der Waals surface area (Å²) in [5.74, 6) is -0.0864. The first-order chi connectivity index (χ1) is 11.6. The van der Waals surface area contributed by atoms with Crippen molar-refractivity contribution in [2.45, 2.75) is 12.5 Å². The highest BCUT2D eigenvalue weighted by atomic mass is 32.1. The molecule has 24 heavy (non-hydrogen) atoms. The van der Waals surface area contributed by atoms with Crippen LogP contribution in [-0.4, -0.2) is 40.9 Å². The Morgan fingerprint density at radius 2 is 2.29 bits per heavy atom. The second-order valence-corrected chi connectivity index (χ2v) is 6.38. The number of likely N-dealkylation sites (tertiary alicyclic amines) is 1. The minimum absolute atomic E-state index is 0.0259. The maximum absolute atomic E-state index is 12.2. The number of primary amides is 1. The molecule has 1 atom stereocenters. The van der Waals surface area contributed by atoms with Crippen LogP contribution in [0.15, 0.2) is 41.9 Å². The van der Waals surface area contributed by atoms with E-state index in [1.807, 2.05) is 23.6 Å². The van der Waals surface area contributed by atoms with Crippen LogP contribution in [0.4, 0.5) is 0 Å². The molecule has 1 fully saturated rings. The van der Waals surface area contributed by atoms with Gasteiger partial charge in [0.2, 0.25) is 5.91 Å². The smallest absolute Gasteiger partial charge is 0.267 e. The quantitative estimate of drug-likeness (QED) is 0.841. The Balaban J connectivity index is 1.56. The molecule has 0 aliphatic carbocycles. The van der Waals surface area contributed by atoms with Gasteiger partial charge in [-0.25, -0.2) is 0 Å². The molecule has 0 bridgehead atoms. The summed E-state index contributed by atoms with van der Waals surface area (Å²) in [6.07, 6.45) is 5.53. The number of carbonyl (C=O) groups excluding carboxylic acids is 2. The normalized spacial score (nSPS) is 17.3. The van der Waals surface area contributed by atoms with Gasteiger partial charge in [-0.2, -0.15) is 0 Å². The number of ether oxygens (including phenoxy) is 1. The van der Waals surface area contributed by atoms with Gasteiger partial charge in [-0.15, -0.1) is 11.3 Å². The van der Waals surface area contributed by atoms with E-state index in [2.05, 4.69) is 4.98 Å². The predicted octanol–water partition coefficient (Wildman–Crippen LogP) is 1.94. The van der Waals surface area contributed by atoms with E-state index in [4.69, 9.17) is 10.5 Å². The lowest BCUT2D eigenvalue weighted by Gasteiger charge is -2.16. The Labute approximate surface area is 143 Å². The summed E-state index contributed by atoms with van der Waals surface area (Å²) in [6.45, 7) is 1.16. The molecule has 7 heteroatoms. The Morgan fingerprint density at radius 1 is 1.42 bits per heavy atom. The van der Waals surface area contributed by atoms with Crippen LogP contribution in [0, 0.1) is 0 Å². The van der Waals surface area contributed by atoms with E-state index in [-0.39, 0.29) is 17.7 Å². The van der Waals surface area contributed by atoms with E-state index >= 15 is 0 Å². The highest BCUT2D eigenvalue weighted by Gasteiger charge is 2.26. The van der Waals surface area contributed by atoms with Crippen LogP contribution in [0.1, 0.15) is 21.8 Å². The molecule has 3 rings (SSSR count). The van der Waals surface area contributed by atoms with Crippen molar-refractivity contribution >= 4 is 29.2 Å². The number of rotatable bonds is 5. The Kier molecular flexibility index (Phi) is 4.90. The topological polar surface area (TPSA) is 85.5 Å².